The highest BCUT2D eigenvalue weighted by Gasteiger charge is 2.26. The molecule has 206 valence electrons. The Balaban J connectivity index is 1.43. The van der Waals surface area contributed by atoms with Crippen molar-refractivity contribution in [3.63, 3.8) is 0 Å². The molecule has 4 aromatic rings. The molecule has 2 saturated heterocycles. The minimum atomic E-state index is -3.26. The van der Waals surface area contributed by atoms with Gasteiger partial charge >= 0.3 is 0 Å². The number of hydrogen-bond donors (Lipinski definition) is 1. The minimum Gasteiger partial charge on any atom is -0.354 e. The number of piperazine rings is 1. The Morgan fingerprint density at radius 3 is 2.54 bits per heavy atom. The van der Waals surface area contributed by atoms with E-state index in [2.05, 4.69) is 10.2 Å². The maximum Gasteiger partial charge on any atom is 0.258 e. The molecule has 2 fully saturated rings. The summed E-state index contributed by atoms with van der Waals surface area (Å²) in [4.78, 5) is 36.9. The lowest BCUT2D eigenvalue weighted by Gasteiger charge is -2.34. The molecule has 1 amide bonds. The lowest BCUT2D eigenvalue weighted by molar-refractivity contribution is 0.0950. The zero-order valence-corrected chi connectivity index (χ0v) is 23.9. The first-order valence-corrected chi connectivity index (χ1v) is 16.0. The van der Waals surface area contributed by atoms with Crippen molar-refractivity contribution in [2.75, 3.05) is 63.5 Å². The van der Waals surface area contributed by atoms with Crippen molar-refractivity contribution < 1.29 is 13.2 Å². The highest BCUT2D eigenvalue weighted by molar-refractivity contribution is 7.88. The molecule has 3 aromatic heterocycles. The number of halogens is 1. The number of hydrogen-bond acceptors (Lipinski definition) is 8. The van der Waals surface area contributed by atoms with E-state index in [1.165, 1.54) is 34.7 Å². The number of carbonyl (C=O) groups is 1. The van der Waals surface area contributed by atoms with Crippen molar-refractivity contribution in [3.05, 3.63) is 51.1 Å². The van der Waals surface area contributed by atoms with E-state index in [1.807, 2.05) is 21.4 Å². The van der Waals surface area contributed by atoms with Gasteiger partial charge in [0, 0.05) is 44.3 Å². The summed E-state index contributed by atoms with van der Waals surface area (Å²) in [5.74, 6) is 0.255. The summed E-state index contributed by atoms with van der Waals surface area (Å²) < 4.78 is 28.1. The fraction of sp³-hybridized carbons (Fsp3) is 0.423. The number of carbonyl (C=O) groups excluding carboxylic acids is 1. The van der Waals surface area contributed by atoms with Crippen LogP contribution in [0.3, 0.4) is 0 Å². The van der Waals surface area contributed by atoms with E-state index >= 15 is 0 Å². The molecular formula is C26H29ClN6O4S2. The predicted molar refractivity (Wildman–Crippen MR) is 156 cm³/mol. The number of nitrogens with one attached hydrogen (secondary N) is 1. The average Bonchev–Trinajstić information content (AvgIpc) is 3.56. The zero-order chi connectivity index (χ0) is 27.3. The molecule has 1 N–H and O–H groups in total. The number of aromatic nitrogens is 2. The number of sulfonamides is 1. The number of nitrogens with zero attached hydrogens (tertiary/aromatic N) is 5. The standard InChI is InChI=1S/C26H29ClN6O4S2/c1-39(36,37)32-14-12-31(13-15-32)21-7-5-18-23(34)22(25(35)28-8-11-30-9-2-3-10-30)26-33(24(18)29-21)19-16-17(27)4-6-20(19)38-26/h4-7,16H,2-3,8-15H2,1H3,(H,28,35). The van der Waals surface area contributed by atoms with Crippen molar-refractivity contribution in [3.8, 4) is 0 Å². The van der Waals surface area contributed by atoms with Crippen molar-refractivity contribution in [2.45, 2.75) is 12.8 Å². The normalized spacial score (nSPS) is 17.5. The number of rotatable bonds is 6. The van der Waals surface area contributed by atoms with Crippen LogP contribution in [0, 0.1) is 0 Å². The molecule has 1 aromatic carbocycles. The van der Waals surface area contributed by atoms with Crippen LogP contribution in [0.25, 0.3) is 26.1 Å². The molecule has 6 rings (SSSR count). The van der Waals surface area contributed by atoms with Crippen molar-refractivity contribution in [1.29, 1.82) is 0 Å². The van der Waals surface area contributed by atoms with Gasteiger partial charge in [-0.3, -0.25) is 14.0 Å². The van der Waals surface area contributed by atoms with Crippen LogP contribution in [-0.2, 0) is 10.0 Å². The Bertz CT molecular complexity index is 1760. The highest BCUT2D eigenvalue weighted by Crippen LogP contribution is 2.33. The van der Waals surface area contributed by atoms with Gasteiger partial charge < -0.3 is 15.1 Å². The number of likely N-dealkylation sites (tertiary alicyclic amines) is 1. The van der Waals surface area contributed by atoms with E-state index in [1.54, 1.807) is 18.2 Å². The van der Waals surface area contributed by atoms with Crippen LogP contribution in [0.15, 0.2) is 35.1 Å². The second-order valence-corrected chi connectivity index (χ2v) is 13.5. The van der Waals surface area contributed by atoms with Gasteiger partial charge in [-0.05, 0) is 56.3 Å². The molecule has 0 radical (unpaired) electrons. The highest BCUT2D eigenvalue weighted by atomic mass is 35.5. The molecule has 0 saturated carbocycles. The van der Waals surface area contributed by atoms with Crippen molar-refractivity contribution >= 4 is 70.8 Å². The predicted octanol–water partition coefficient (Wildman–Crippen LogP) is 2.62. The maximum atomic E-state index is 13.8. The number of benzene rings is 1. The SMILES string of the molecule is CS(=O)(=O)N1CCN(c2ccc3c(=O)c(C(=O)NCCN4CCCC4)c4sc5ccc(Cl)cc5n4c3n2)CC1. The van der Waals surface area contributed by atoms with Crippen LogP contribution in [0.5, 0.6) is 0 Å². The lowest BCUT2D eigenvalue weighted by atomic mass is 10.1. The van der Waals surface area contributed by atoms with Crippen LogP contribution < -0.4 is 15.6 Å². The van der Waals surface area contributed by atoms with E-state index in [9.17, 15) is 18.0 Å². The Labute approximate surface area is 234 Å². The van der Waals surface area contributed by atoms with Crippen LogP contribution in [-0.4, -0.2) is 91.5 Å². The van der Waals surface area contributed by atoms with Gasteiger partial charge in [0.1, 0.15) is 16.2 Å². The smallest absolute Gasteiger partial charge is 0.258 e. The van der Waals surface area contributed by atoms with Gasteiger partial charge in [0.25, 0.3) is 5.91 Å². The third kappa shape index (κ3) is 5.00. The Kier molecular flexibility index (Phi) is 7.00. The van der Waals surface area contributed by atoms with Crippen LogP contribution in [0.2, 0.25) is 5.02 Å². The van der Waals surface area contributed by atoms with Crippen LogP contribution in [0.1, 0.15) is 23.2 Å². The Morgan fingerprint density at radius 2 is 1.82 bits per heavy atom. The van der Waals surface area contributed by atoms with Gasteiger partial charge in [-0.25, -0.2) is 13.4 Å². The summed E-state index contributed by atoms with van der Waals surface area (Å²) in [6.45, 7) is 4.98. The molecule has 0 bridgehead atoms. The van der Waals surface area contributed by atoms with Crippen LogP contribution in [0.4, 0.5) is 5.82 Å². The molecule has 10 nitrogen and oxygen atoms in total. The van der Waals surface area contributed by atoms with Gasteiger partial charge in [0.2, 0.25) is 15.5 Å². The maximum absolute atomic E-state index is 13.8. The van der Waals surface area contributed by atoms with Crippen molar-refractivity contribution in [1.82, 2.24) is 23.9 Å². The third-order valence-electron chi connectivity index (χ3n) is 7.50. The summed E-state index contributed by atoms with van der Waals surface area (Å²) in [5.41, 5.74) is 0.963. The van der Waals surface area contributed by atoms with Gasteiger partial charge in [0.15, 0.2) is 5.65 Å². The average molecular weight is 589 g/mol. The summed E-state index contributed by atoms with van der Waals surface area (Å²) in [5, 5.41) is 3.85. The summed E-state index contributed by atoms with van der Waals surface area (Å²) in [7, 11) is -3.26. The van der Waals surface area contributed by atoms with Crippen LogP contribution >= 0.6 is 22.9 Å². The first-order valence-electron chi connectivity index (χ1n) is 13.0. The van der Waals surface area contributed by atoms with Gasteiger partial charge in [-0.1, -0.05) is 11.6 Å². The molecule has 2 aliphatic rings. The molecule has 0 unspecified atom stereocenters. The Hall–Kier alpha value is -2.77. The van der Waals surface area contributed by atoms with Crippen molar-refractivity contribution in [2.24, 2.45) is 0 Å². The molecule has 39 heavy (non-hydrogen) atoms. The van der Waals surface area contributed by atoms with Gasteiger partial charge in [-0.15, -0.1) is 11.3 Å². The van der Waals surface area contributed by atoms with E-state index in [4.69, 9.17) is 16.6 Å². The quantitative estimate of drug-likeness (QED) is 0.369. The zero-order valence-electron chi connectivity index (χ0n) is 21.5. The van der Waals surface area contributed by atoms with E-state index in [0.717, 1.165) is 29.9 Å². The van der Waals surface area contributed by atoms with E-state index in [-0.39, 0.29) is 11.0 Å². The number of anilines is 1. The molecule has 0 spiro atoms. The van der Waals surface area contributed by atoms with Gasteiger partial charge in [-0.2, -0.15) is 4.31 Å². The second-order valence-electron chi connectivity index (χ2n) is 10.1. The lowest BCUT2D eigenvalue weighted by Crippen LogP contribution is -2.48. The Morgan fingerprint density at radius 1 is 1.08 bits per heavy atom. The fourth-order valence-electron chi connectivity index (χ4n) is 5.45. The minimum absolute atomic E-state index is 0.109. The number of thiazole rings is 1. The molecule has 5 heterocycles. The number of pyridine rings is 2. The number of fused-ring (bicyclic) bond motifs is 5. The molecule has 2 aliphatic heterocycles. The second kappa shape index (κ2) is 10.3. The molecule has 13 heteroatoms. The largest absolute Gasteiger partial charge is 0.354 e. The molecular weight excluding hydrogens is 560 g/mol. The summed E-state index contributed by atoms with van der Waals surface area (Å²) in [6, 6.07) is 8.97. The first-order chi connectivity index (χ1) is 18.7. The first kappa shape index (κ1) is 26.5. The molecule has 0 aliphatic carbocycles. The van der Waals surface area contributed by atoms with E-state index < -0.39 is 15.9 Å². The number of amides is 1. The monoisotopic (exact) mass is 588 g/mol. The van der Waals surface area contributed by atoms with Gasteiger partial charge in [0.05, 0.1) is 21.9 Å². The topological polar surface area (TPSA) is 107 Å². The van der Waals surface area contributed by atoms with E-state index in [0.29, 0.717) is 59.4 Å². The molecule has 0 atom stereocenters. The fourth-order valence-corrected chi connectivity index (χ4v) is 7.60. The summed E-state index contributed by atoms with van der Waals surface area (Å²) in [6.07, 6.45) is 3.56. The third-order valence-corrected chi connectivity index (χ3v) is 10.2. The summed E-state index contributed by atoms with van der Waals surface area (Å²) >= 11 is 7.72.